The van der Waals surface area contributed by atoms with Gasteiger partial charge in [-0.05, 0) is 6.92 Å². The molecule has 2 heterocycles. The van der Waals surface area contributed by atoms with E-state index < -0.39 is 12.1 Å². The SMILES string of the molecule is CCOC(=O)C(=NO[C@H]1CCNC1=O)c1csc(N)n1. The van der Waals surface area contributed by atoms with E-state index in [0.717, 1.165) is 0 Å². The average molecular weight is 298 g/mol. The number of thiazole rings is 1. The van der Waals surface area contributed by atoms with Crippen LogP contribution in [-0.4, -0.2) is 41.8 Å². The lowest BCUT2D eigenvalue weighted by Crippen LogP contribution is -2.26. The molecule has 1 aromatic rings. The van der Waals surface area contributed by atoms with E-state index in [-0.39, 0.29) is 23.9 Å². The first-order valence-electron chi connectivity index (χ1n) is 6.01. The number of rotatable bonds is 5. The molecule has 1 fully saturated rings. The second-order valence-corrected chi connectivity index (χ2v) is 4.79. The summed E-state index contributed by atoms with van der Waals surface area (Å²) in [4.78, 5) is 32.3. The lowest BCUT2D eigenvalue weighted by Gasteiger charge is -2.07. The number of amides is 1. The van der Waals surface area contributed by atoms with Gasteiger partial charge in [0.05, 0.1) is 6.61 Å². The minimum absolute atomic E-state index is 0.0977. The molecule has 0 bridgehead atoms. The number of carbonyl (C=O) groups is 2. The van der Waals surface area contributed by atoms with Gasteiger partial charge in [-0.15, -0.1) is 11.3 Å². The third-order valence-corrected chi connectivity index (χ3v) is 3.18. The van der Waals surface area contributed by atoms with Crippen molar-refractivity contribution in [3.05, 3.63) is 11.1 Å². The lowest BCUT2D eigenvalue weighted by atomic mass is 10.3. The normalized spacial score (nSPS) is 18.8. The fraction of sp³-hybridized carbons (Fsp3) is 0.455. The number of nitrogen functional groups attached to an aromatic ring is 1. The number of esters is 1. The van der Waals surface area contributed by atoms with E-state index in [1.165, 1.54) is 11.3 Å². The monoisotopic (exact) mass is 298 g/mol. The van der Waals surface area contributed by atoms with Crippen LogP contribution in [0.15, 0.2) is 10.5 Å². The molecule has 1 aromatic heterocycles. The van der Waals surface area contributed by atoms with Crippen molar-refractivity contribution < 1.29 is 19.2 Å². The maximum absolute atomic E-state index is 11.8. The molecule has 108 valence electrons. The van der Waals surface area contributed by atoms with Gasteiger partial charge in [0, 0.05) is 18.3 Å². The summed E-state index contributed by atoms with van der Waals surface area (Å²) in [5.74, 6) is -0.925. The molecule has 1 atom stereocenters. The lowest BCUT2D eigenvalue weighted by molar-refractivity contribution is -0.136. The van der Waals surface area contributed by atoms with Crippen molar-refractivity contribution in [1.29, 1.82) is 0 Å². The Morgan fingerprint density at radius 3 is 3.05 bits per heavy atom. The first-order chi connectivity index (χ1) is 9.61. The zero-order chi connectivity index (χ0) is 14.5. The first-order valence-corrected chi connectivity index (χ1v) is 6.89. The van der Waals surface area contributed by atoms with E-state index in [1.54, 1.807) is 12.3 Å². The van der Waals surface area contributed by atoms with Crippen LogP contribution in [0.2, 0.25) is 0 Å². The second kappa shape index (κ2) is 6.33. The molecule has 0 aliphatic carbocycles. The molecule has 1 aliphatic heterocycles. The molecule has 0 unspecified atom stereocenters. The van der Waals surface area contributed by atoms with Crippen LogP contribution in [0.4, 0.5) is 5.13 Å². The zero-order valence-corrected chi connectivity index (χ0v) is 11.6. The summed E-state index contributed by atoms with van der Waals surface area (Å²) in [5, 5.41) is 8.21. The van der Waals surface area contributed by atoms with Gasteiger partial charge in [-0.2, -0.15) is 0 Å². The highest BCUT2D eigenvalue weighted by Gasteiger charge is 2.27. The molecule has 0 aromatic carbocycles. The molecular weight excluding hydrogens is 284 g/mol. The molecule has 1 amide bonds. The maximum Gasteiger partial charge on any atom is 0.362 e. The number of anilines is 1. The minimum atomic E-state index is -0.699. The average Bonchev–Trinajstić information content (AvgIpc) is 3.00. The number of nitrogens with two attached hydrogens (primary N) is 1. The first kappa shape index (κ1) is 14.3. The molecule has 2 rings (SSSR count). The van der Waals surface area contributed by atoms with E-state index in [9.17, 15) is 9.59 Å². The van der Waals surface area contributed by atoms with E-state index in [1.807, 2.05) is 0 Å². The quantitative estimate of drug-likeness (QED) is 0.445. The van der Waals surface area contributed by atoms with E-state index >= 15 is 0 Å². The van der Waals surface area contributed by atoms with Crippen molar-refractivity contribution in [3.63, 3.8) is 0 Å². The van der Waals surface area contributed by atoms with Crippen molar-refractivity contribution in [2.75, 3.05) is 18.9 Å². The van der Waals surface area contributed by atoms with Crippen molar-refractivity contribution in [1.82, 2.24) is 10.3 Å². The maximum atomic E-state index is 11.8. The van der Waals surface area contributed by atoms with Gasteiger partial charge in [-0.1, -0.05) is 5.16 Å². The fourth-order valence-corrected chi connectivity index (χ4v) is 2.12. The van der Waals surface area contributed by atoms with Gasteiger partial charge in [-0.25, -0.2) is 9.78 Å². The van der Waals surface area contributed by atoms with E-state index in [2.05, 4.69) is 15.5 Å². The van der Waals surface area contributed by atoms with E-state index in [0.29, 0.717) is 18.1 Å². The predicted molar refractivity (Wildman–Crippen MR) is 72.2 cm³/mol. The van der Waals surface area contributed by atoms with Gasteiger partial charge in [0.1, 0.15) is 5.69 Å². The third-order valence-electron chi connectivity index (χ3n) is 2.50. The van der Waals surface area contributed by atoms with Crippen LogP contribution in [0.25, 0.3) is 0 Å². The number of hydrogen-bond acceptors (Lipinski definition) is 8. The largest absolute Gasteiger partial charge is 0.461 e. The van der Waals surface area contributed by atoms with Crippen LogP contribution in [0.1, 0.15) is 19.0 Å². The summed E-state index contributed by atoms with van der Waals surface area (Å²) in [6, 6.07) is 0. The molecule has 8 nitrogen and oxygen atoms in total. The standard InChI is InChI=1S/C11H14N4O4S/c1-2-18-10(17)8(6-5-20-11(12)14-6)15-19-7-3-4-13-9(7)16/h5,7H,2-4H2,1H3,(H2,12,14)(H,13,16)/t7-/m0/s1. The number of oxime groups is 1. The van der Waals surface area contributed by atoms with Crippen LogP contribution < -0.4 is 11.1 Å². The summed E-state index contributed by atoms with van der Waals surface area (Å²) in [5.41, 5.74) is 5.70. The summed E-state index contributed by atoms with van der Waals surface area (Å²) in [6.07, 6.45) is -0.201. The molecular formula is C11H14N4O4S. The number of nitrogens with one attached hydrogen (secondary N) is 1. The van der Waals surface area contributed by atoms with Gasteiger partial charge in [0.2, 0.25) is 11.8 Å². The van der Waals surface area contributed by atoms with Crippen LogP contribution in [-0.2, 0) is 19.2 Å². The Balaban J connectivity index is 2.17. The van der Waals surface area contributed by atoms with Crippen molar-refractivity contribution in [2.24, 2.45) is 5.16 Å². The summed E-state index contributed by atoms with van der Waals surface area (Å²) >= 11 is 1.17. The number of aromatic nitrogens is 1. The summed E-state index contributed by atoms with van der Waals surface area (Å²) < 4.78 is 4.88. The van der Waals surface area contributed by atoms with Crippen LogP contribution in [0.5, 0.6) is 0 Å². The molecule has 3 N–H and O–H groups in total. The third kappa shape index (κ3) is 3.23. The number of nitrogens with zero attached hydrogens (tertiary/aromatic N) is 2. The molecule has 20 heavy (non-hydrogen) atoms. The van der Waals surface area contributed by atoms with Crippen molar-refractivity contribution in [3.8, 4) is 0 Å². The molecule has 0 saturated carbocycles. The number of carbonyl (C=O) groups excluding carboxylic acids is 2. The number of hydrogen-bond donors (Lipinski definition) is 2. The Hall–Kier alpha value is -2.16. The molecule has 9 heteroatoms. The number of ether oxygens (including phenoxy) is 1. The second-order valence-electron chi connectivity index (χ2n) is 3.91. The van der Waals surface area contributed by atoms with Gasteiger partial charge < -0.3 is 20.6 Å². The highest BCUT2D eigenvalue weighted by atomic mass is 32.1. The Bertz CT molecular complexity index is 542. The van der Waals surface area contributed by atoms with Crippen LogP contribution in [0.3, 0.4) is 0 Å². The molecule has 0 radical (unpaired) electrons. The van der Waals surface area contributed by atoms with Gasteiger partial charge in [0.15, 0.2) is 5.13 Å². The van der Waals surface area contributed by atoms with Gasteiger partial charge >= 0.3 is 5.97 Å². The van der Waals surface area contributed by atoms with Crippen molar-refractivity contribution >= 4 is 34.1 Å². The Morgan fingerprint density at radius 2 is 2.50 bits per heavy atom. The van der Waals surface area contributed by atoms with E-state index in [4.69, 9.17) is 15.3 Å². The smallest absolute Gasteiger partial charge is 0.362 e. The molecule has 1 saturated heterocycles. The zero-order valence-electron chi connectivity index (χ0n) is 10.8. The minimum Gasteiger partial charge on any atom is -0.461 e. The fourth-order valence-electron chi connectivity index (χ4n) is 1.57. The molecule has 1 aliphatic rings. The summed E-state index contributed by atoms with van der Waals surface area (Å²) in [7, 11) is 0. The predicted octanol–water partition coefficient (Wildman–Crippen LogP) is -0.102. The van der Waals surface area contributed by atoms with Gasteiger partial charge in [-0.3, -0.25) is 4.79 Å². The van der Waals surface area contributed by atoms with Crippen LogP contribution >= 0.6 is 11.3 Å². The summed E-state index contributed by atoms with van der Waals surface area (Å²) in [6.45, 7) is 2.40. The highest BCUT2D eigenvalue weighted by Crippen LogP contribution is 2.14. The van der Waals surface area contributed by atoms with Crippen LogP contribution in [0, 0.1) is 0 Å². The van der Waals surface area contributed by atoms with Gasteiger partial charge in [0.25, 0.3) is 5.91 Å². The Kier molecular flexibility index (Phi) is 4.51. The molecule has 0 spiro atoms. The van der Waals surface area contributed by atoms with Crippen molar-refractivity contribution in [2.45, 2.75) is 19.4 Å². The highest BCUT2D eigenvalue weighted by molar-refractivity contribution is 7.13. The topological polar surface area (TPSA) is 116 Å². The Labute approximate surface area is 118 Å². The Morgan fingerprint density at radius 1 is 1.70 bits per heavy atom.